The lowest BCUT2D eigenvalue weighted by atomic mass is 10.2. The summed E-state index contributed by atoms with van der Waals surface area (Å²) in [5, 5.41) is 0.588. The van der Waals surface area contributed by atoms with E-state index in [1.54, 1.807) is 0 Å². The minimum Gasteiger partial charge on any atom is -0.326 e. The van der Waals surface area contributed by atoms with Gasteiger partial charge in [-0.3, -0.25) is 0 Å². The van der Waals surface area contributed by atoms with Gasteiger partial charge in [0, 0.05) is 21.3 Å². The molecule has 2 aliphatic carbocycles. The summed E-state index contributed by atoms with van der Waals surface area (Å²) >= 11 is 6.31. The van der Waals surface area contributed by atoms with Gasteiger partial charge in [-0.15, -0.1) is 0 Å². The molecule has 0 heterocycles. The third kappa shape index (κ3) is 1.62. The van der Waals surface area contributed by atoms with Crippen LogP contribution in [0.3, 0.4) is 0 Å². The first kappa shape index (κ1) is 11.4. The molecule has 0 saturated heterocycles. The molecule has 0 N–H and O–H groups in total. The maximum Gasteiger partial charge on any atom is 0.322 e. The Hall–Kier alpha value is -0.0900. The van der Waals surface area contributed by atoms with Gasteiger partial charge in [0.05, 0.1) is 0 Å². The number of fused-ring (bicyclic) bond motifs is 1. The first-order chi connectivity index (χ1) is 7.20. The van der Waals surface area contributed by atoms with Crippen LogP contribution in [0.5, 0.6) is 0 Å². The van der Waals surface area contributed by atoms with Crippen LogP contribution in [0.2, 0.25) is 0 Å². The molecule has 2 saturated carbocycles. The molecule has 2 atom stereocenters. The van der Waals surface area contributed by atoms with Gasteiger partial charge in [-0.2, -0.15) is 0 Å². The summed E-state index contributed by atoms with van der Waals surface area (Å²) in [6.07, 6.45) is 3.79. The van der Waals surface area contributed by atoms with Gasteiger partial charge in [-0.05, 0) is 30.3 Å². The molecule has 4 heteroatoms. The fraction of sp³-hybridized carbons (Fsp3) is 0.818. The van der Waals surface area contributed by atoms with Gasteiger partial charge in [0.1, 0.15) is 5.03 Å². The van der Waals surface area contributed by atoms with Gasteiger partial charge in [0.2, 0.25) is 0 Å². The third-order valence-electron chi connectivity index (χ3n) is 3.53. The first-order valence-corrected chi connectivity index (χ1v) is 5.63. The second kappa shape index (κ2) is 4.06. The maximum absolute atomic E-state index is 6.31. The van der Waals surface area contributed by atoms with Crippen molar-refractivity contribution in [1.29, 1.82) is 0 Å². The smallest absolute Gasteiger partial charge is 0.322 e. The highest BCUT2D eigenvalue weighted by Gasteiger charge is 2.53. The molecule has 0 spiro atoms. The van der Waals surface area contributed by atoms with Gasteiger partial charge in [0.25, 0.3) is 0 Å². The Morgan fingerprint density at radius 3 is 2.00 bits per heavy atom. The average Bonchev–Trinajstić information content (AvgIpc) is 2.75. The van der Waals surface area contributed by atoms with Crippen molar-refractivity contribution in [2.45, 2.75) is 25.2 Å². The largest absolute Gasteiger partial charge is 0.326 e. The minimum absolute atomic E-state index is 0.588. The molecular formula is C11H17ClO3. The van der Waals surface area contributed by atoms with Gasteiger partial charge in [-0.25, -0.2) is 0 Å². The normalized spacial score (nSPS) is 29.2. The summed E-state index contributed by atoms with van der Waals surface area (Å²) in [7, 11) is 4.61. The molecule has 0 radical (unpaired) electrons. The Labute approximate surface area is 95.3 Å². The molecule has 0 aromatic rings. The summed E-state index contributed by atoms with van der Waals surface area (Å²) in [5.41, 5.74) is 1.27. The van der Waals surface area contributed by atoms with Crippen molar-refractivity contribution in [3.63, 3.8) is 0 Å². The van der Waals surface area contributed by atoms with Gasteiger partial charge < -0.3 is 14.2 Å². The van der Waals surface area contributed by atoms with Crippen LogP contribution in [0, 0.1) is 11.8 Å². The van der Waals surface area contributed by atoms with E-state index < -0.39 is 5.97 Å². The molecule has 0 aromatic heterocycles. The molecule has 0 amide bonds. The van der Waals surface area contributed by atoms with E-state index >= 15 is 0 Å². The number of rotatable bonds is 4. The zero-order valence-corrected chi connectivity index (χ0v) is 10.1. The molecule has 2 unspecified atom stereocenters. The van der Waals surface area contributed by atoms with Crippen molar-refractivity contribution in [2.75, 3.05) is 21.3 Å². The second-order valence-corrected chi connectivity index (χ2v) is 4.46. The van der Waals surface area contributed by atoms with Crippen LogP contribution >= 0.6 is 11.6 Å². The Kier molecular flexibility index (Phi) is 3.08. The Balaban J connectivity index is 2.22. The number of hydrogen-bond donors (Lipinski definition) is 0. The van der Waals surface area contributed by atoms with Crippen LogP contribution in [0.25, 0.3) is 0 Å². The first-order valence-electron chi connectivity index (χ1n) is 5.25. The van der Waals surface area contributed by atoms with Crippen LogP contribution in [-0.4, -0.2) is 27.3 Å². The lowest BCUT2D eigenvalue weighted by Crippen LogP contribution is -2.36. The van der Waals surface area contributed by atoms with E-state index in [1.165, 1.54) is 46.2 Å². The zero-order chi connectivity index (χ0) is 11.1. The van der Waals surface area contributed by atoms with Crippen LogP contribution in [0.15, 0.2) is 10.6 Å². The lowest BCUT2D eigenvalue weighted by molar-refractivity contribution is -0.322. The standard InChI is InChI=1S/C11H17ClO3/c1-13-11(14-2,15-3)10(12)9-7-5-4-6-8(7)9/h7-8H,4-6H2,1-3H3. The summed E-state index contributed by atoms with van der Waals surface area (Å²) in [6, 6.07) is 0. The molecule has 2 fully saturated rings. The van der Waals surface area contributed by atoms with Crippen LogP contribution < -0.4 is 0 Å². The molecule has 0 aliphatic heterocycles. The molecule has 2 rings (SSSR count). The minimum atomic E-state index is -1.19. The average molecular weight is 233 g/mol. The number of allylic oxidation sites excluding steroid dienone is 1. The van der Waals surface area contributed by atoms with E-state index in [4.69, 9.17) is 25.8 Å². The molecule has 0 aromatic carbocycles. The second-order valence-electron chi connectivity index (χ2n) is 4.08. The molecule has 15 heavy (non-hydrogen) atoms. The maximum atomic E-state index is 6.31. The molecule has 2 aliphatic rings. The number of methoxy groups -OCH3 is 3. The SMILES string of the molecule is COC(OC)(OC)C(Cl)=C1C2CCCC12. The fourth-order valence-electron chi connectivity index (χ4n) is 2.67. The van der Waals surface area contributed by atoms with E-state index in [0.29, 0.717) is 16.9 Å². The van der Waals surface area contributed by atoms with Gasteiger partial charge >= 0.3 is 5.97 Å². The summed E-state index contributed by atoms with van der Waals surface area (Å²) in [5.74, 6) is 0.107. The predicted molar refractivity (Wildman–Crippen MR) is 57.5 cm³/mol. The number of hydrogen-bond acceptors (Lipinski definition) is 3. The predicted octanol–water partition coefficient (Wildman–Crippen LogP) is 2.50. The lowest BCUT2D eigenvalue weighted by Gasteiger charge is -2.28. The number of halogens is 1. The Morgan fingerprint density at radius 2 is 1.60 bits per heavy atom. The summed E-state index contributed by atoms with van der Waals surface area (Å²) in [6.45, 7) is 0. The summed E-state index contributed by atoms with van der Waals surface area (Å²) in [4.78, 5) is 0. The molecule has 3 nitrogen and oxygen atoms in total. The molecule has 0 bridgehead atoms. The Bertz CT molecular complexity index is 263. The zero-order valence-electron chi connectivity index (χ0n) is 9.38. The van der Waals surface area contributed by atoms with Crippen LogP contribution in [0.4, 0.5) is 0 Å². The topological polar surface area (TPSA) is 27.7 Å². The monoisotopic (exact) mass is 232 g/mol. The van der Waals surface area contributed by atoms with Crippen molar-refractivity contribution in [3.8, 4) is 0 Å². The van der Waals surface area contributed by atoms with E-state index in [2.05, 4.69) is 0 Å². The van der Waals surface area contributed by atoms with Crippen LogP contribution in [0.1, 0.15) is 19.3 Å². The van der Waals surface area contributed by atoms with E-state index in [-0.39, 0.29) is 0 Å². The van der Waals surface area contributed by atoms with Crippen molar-refractivity contribution < 1.29 is 14.2 Å². The van der Waals surface area contributed by atoms with E-state index in [0.717, 1.165) is 0 Å². The molecular weight excluding hydrogens is 216 g/mol. The van der Waals surface area contributed by atoms with Crippen molar-refractivity contribution >= 4 is 11.6 Å². The van der Waals surface area contributed by atoms with E-state index in [9.17, 15) is 0 Å². The van der Waals surface area contributed by atoms with Gasteiger partial charge in [-0.1, -0.05) is 18.0 Å². The summed E-state index contributed by atoms with van der Waals surface area (Å²) < 4.78 is 15.7. The molecule has 86 valence electrons. The van der Waals surface area contributed by atoms with E-state index in [1.807, 2.05) is 0 Å². The number of ether oxygens (including phenoxy) is 3. The third-order valence-corrected chi connectivity index (χ3v) is 3.98. The van der Waals surface area contributed by atoms with Crippen molar-refractivity contribution in [2.24, 2.45) is 11.8 Å². The van der Waals surface area contributed by atoms with Crippen LogP contribution in [-0.2, 0) is 14.2 Å². The highest BCUT2D eigenvalue weighted by Crippen LogP contribution is 2.60. The van der Waals surface area contributed by atoms with Crippen molar-refractivity contribution in [1.82, 2.24) is 0 Å². The van der Waals surface area contributed by atoms with Gasteiger partial charge in [0.15, 0.2) is 0 Å². The highest BCUT2D eigenvalue weighted by atomic mass is 35.5. The fourth-order valence-corrected chi connectivity index (χ4v) is 3.18. The quantitative estimate of drug-likeness (QED) is 0.697. The Morgan fingerprint density at radius 1 is 1.13 bits per heavy atom. The highest BCUT2D eigenvalue weighted by molar-refractivity contribution is 6.31. The van der Waals surface area contributed by atoms with Crippen molar-refractivity contribution in [3.05, 3.63) is 10.6 Å².